The van der Waals surface area contributed by atoms with Gasteiger partial charge in [-0.05, 0) is 20.8 Å². The average Bonchev–Trinajstić information content (AvgIpc) is 2.23. The molecule has 0 saturated carbocycles. The fourth-order valence-corrected chi connectivity index (χ4v) is 1.13. The summed E-state index contributed by atoms with van der Waals surface area (Å²) in [5.41, 5.74) is -0.374. The van der Waals surface area contributed by atoms with E-state index in [2.05, 4.69) is 16.0 Å². The van der Waals surface area contributed by atoms with Crippen molar-refractivity contribution in [3.05, 3.63) is 0 Å². The number of carbonyl (C=O) groups excluding carboxylic acids is 2. The van der Waals surface area contributed by atoms with Crippen molar-refractivity contribution in [2.45, 2.75) is 38.8 Å². The number of nitrogens with one attached hydrogen (secondary N) is 3. The first kappa shape index (κ1) is 17.2. The van der Waals surface area contributed by atoms with Crippen molar-refractivity contribution in [2.75, 3.05) is 13.1 Å². The van der Waals surface area contributed by atoms with E-state index in [1.165, 1.54) is 0 Å². The fourth-order valence-electron chi connectivity index (χ4n) is 1.13. The summed E-state index contributed by atoms with van der Waals surface area (Å²) in [7, 11) is 0. The molecule has 3 amide bonds. The number of aliphatic carboxylic acids is 1. The predicted octanol–water partition coefficient (Wildman–Crippen LogP) is -0.964. The van der Waals surface area contributed by atoms with Crippen molar-refractivity contribution in [1.29, 1.82) is 0 Å². The Morgan fingerprint density at radius 3 is 2.21 bits per heavy atom. The number of carbonyl (C=O) groups is 3. The molecule has 1 unspecified atom stereocenters. The highest BCUT2D eigenvalue weighted by Crippen LogP contribution is 1.97. The van der Waals surface area contributed by atoms with Crippen LogP contribution in [0.3, 0.4) is 0 Å². The second kappa shape index (κ2) is 7.57. The van der Waals surface area contributed by atoms with Gasteiger partial charge >= 0.3 is 12.0 Å². The van der Waals surface area contributed by atoms with Gasteiger partial charge in [0, 0.05) is 18.5 Å². The number of rotatable bonds is 6. The Balaban J connectivity index is 3.76. The third-order valence-electron chi connectivity index (χ3n) is 1.91. The third-order valence-corrected chi connectivity index (χ3v) is 1.91. The lowest BCUT2D eigenvalue weighted by Crippen LogP contribution is -2.47. The molecule has 0 aromatic heterocycles. The van der Waals surface area contributed by atoms with E-state index < -0.39 is 18.1 Å². The van der Waals surface area contributed by atoms with Crippen LogP contribution in [0.5, 0.6) is 0 Å². The maximum Gasteiger partial charge on any atom is 0.332 e. The number of hydrogen-bond donors (Lipinski definition) is 5. The van der Waals surface area contributed by atoms with Gasteiger partial charge in [-0.15, -0.1) is 0 Å². The molecule has 8 heteroatoms. The summed E-state index contributed by atoms with van der Waals surface area (Å²) >= 11 is 0. The molecule has 0 aliphatic rings. The Morgan fingerprint density at radius 2 is 1.74 bits per heavy atom. The van der Waals surface area contributed by atoms with Crippen LogP contribution in [0.15, 0.2) is 0 Å². The number of amides is 3. The van der Waals surface area contributed by atoms with Gasteiger partial charge in [-0.2, -0.15) is 0 Å². The molecule has 0 heterocycles. The largest absolute Gasteiger partial charge is 0.479 e. The number of carboxylic acid groups (broad SMARTS) is 1. The fraction of sp³-hybridized carbons (Fsp3) is 0.727. The van der Waals surface area contributed by atoms with Gasteiger partial charge in [-0.1, -0.05) is 0 Å². The van der Waals surface area contributed by atoms with Crippen LogP contribution >= 0.6 is 0 Å². The summed E-state index contributed by atoms with van der Waals surface area (Å²) in [6.45, 7) is 5.28. The molecule has 0 rings (SSSR count). The normalized spacial score (nSPS) is 12.4. The van der Waals surface area contributed by atoms with E-state index in [0.29, 0.717) is 0 Å². The molecule has 1 atom stereocenters. The van der Waals surface area contributed by atoms with Gasteiger partial charge in [-0.3, -0.25) is 4.79 Å². The second-order valence-corrected chi connectivity index (χ2v) is 5.05. The van der Waals surface area contributed by atoms with E-state index in [1.807, 2.05) is 20.8 Å². The molecule has 0 aliphatic carbocycles. The zero-order valence-electron chi connectivity index (χ0n) is 11.3. The molecule has 0 radical (unpaired) electrons. The van der Waals surface area contributed by atoms with Crippen LogP contribution in [0.2, 0.25) is 0 Å². The minimum Gasteiger partial charge on any atom is -0.479 e. The summed E-state index contributed by atoms with van der Waals surface area (Å²) < 4.78 is 0. The second-order valence-electron chi connectivity index (χ2n) is 5.05. The minimum absolute atomic E-state index is 0.000188. The lowest BCUT2D eigenvalue weighted by Gasteiger charge is -2.20. The van der Waals surface area contributed by atoms with Gasteiger partial charge < -0.3 is 26.2 Å². The van der Waals surface area contributed by atoms with Gasteiger partial charge in [-0.25, -0.2) is 9.59 Å². The standard InChI is InChI=1S/C11H21N3O5/c1-11(2,3)14-8(16)6-13-10(19)12-5-4-7(15)9(17)18/h7,15H,4-6H2,1-3H3,(H,14,16)(H,17,18)(H2,12,13,19). The maximum absolute atomic E-state index is 11.4. The van der Waals surface area contributed by atoms with Crippen LogP contribution in [0.25, 0.3) is 0 Å². The van der Waals surface area contributed by atoms with Gasteiger partial charge in [0.1, 0.15) is 0 Å². The first-order chi connectivity index (χ1) is 8.61. The Bertz CT molecular complexity index is 338. The monoisotopic (exact) mass is 275 g/mol. The van der Waals surface area contributed by atoms with Gasteiger partial charge in [0.2, 0.25) is 5.91 Å². The van der Waals surface area contributed by atoms with E-state index in [4.69, 9.17) is 10.2 Å². The van der Waals surface area contributed by atoms with Crippen molar-refractivity contribution in [1.82, 2.24) is 16.0 Å². The van der Waals surface area contributed by atoms with Crippen LogP contribution in [-0.4, -0.2) is 52.9 Å². The van der Waals surface area contributed by atoms with Crippen LogP contribution in [-0.2, 0) is 9.59 Å². The van der Waals surface area contributed by atoms with Crippen molar-refractivity contribution in [2.24, 2.45) is 0 Å². The molecule has 0 aromatic rings. The quantitative estimate of drug-likeness (QED) is 0.426. The SMILES string of the molecule is CC(C)(C)NC(=O)CNC(=O)NCCC(O)C(=O)O. The lowest BCUT2D eigenvalue weighted by molar-refractivity contribution is -0.146. The zero-order chi connectivity index (χ0) is 15.1. The van der Waals surface area contributed by atoms with Crippen molar-refractivity contribution in [3.63, 3.8) is 0 Å². The molecule has 8 nitrogen and oxygen atoms in total. The average molecular weight is 275 g/mol. The molecule has 0 bridgehead atoms. The Kier molecular flexibility index (Phi) is 6.84. The third kappa shape index (κ3) is 9.83. The number of aliphatic hydroxyl groups is 1. The Morgan fingerprint density at radius 1 is 1.16 bits per heavy atom. The van der Waals surface area contributed by atoms with Gasteiger partial charge in [0.25, 0.3) is 0 Å². The molecular formula is C11H21N3O5. The Hall–Kier alpha value is -1.83. The van der Waals surface area contributed by atoms with E-state index in [0.717, 1.165) is 0 Å². The first-order valence-electron chi connectivity index (χ1n) is 5.85. The van der Waals surface area contributed by atoms with E-state index in [-0.39, 0.29) is 31.0 Å². The molecule has 0 aromatic carbocycles. The van der Waals surface area contributed by atoms with Crippen molar-refractivity contribution in [3.8, 4) is 0 Å². The van der Waals surface area contributed by atoms with Crippen LogP contribution < -0.4 is 16.0 Å². The zero-order valence-corrected chi connectivity index (χ0v) is 11.3. The molecule has 0 spiro atoms. The van der Waals surface area contributed by atoms with E-state index in [1.54, 1.807) is 0 Å². The van der Waals surface area contributed by atoms with E-state index >= 15 is 0 Å². The molecule has 110 valence electrons. The Labute approximate surface area is 111 Å². The first-order valence-corrected chi connectivity index (χ1v) is 5.85. The number of hydrogen-bond acceptors (Lipinski definition) is 4. The van der Waals surface area contributed by atoms with Crippen molar-refractivity contribution >= 4 is 17.9 Å². The number of aliphatic hydroxyl groups excluding tert-OH is 1. The number of urea groups is 1. The molecular weight excluding hydrogens is 254 g/mol. The predicted molar refractivity (Wildman–Crippen MR) is 67.6 cm³/mol. The number of carboxylic acids is 1. The summed E-state index contributed by atoms with van der Waals surface area (Å²) in [6, 6.07) is -0.596. The summed E-state index contributed by atoms with van der Waals surface area (Å²) in [5.74, 6) is -1.67. The summed E-state index contributed by atoms with van der Waals surface area (Å²) in [4.78, 5) is 32.9. The topological polar surface area (TPSA) is 128 Å². The van der Waals surface area contributed by atoms with Gasteiger partial charge in [0.05, 0.1) is 6.54 Å². The molecule has 0 fully saturated rings. The highest BCUT2D eigenvalue weighted by atomic mass is 16.4. The van der Waals surface area contributed by atoms with Crippen LogP contribution in [0, 0.1) is 0 Å². The summed E-state index contributed by atoms with van der Waals surface area (Å²) in [6.07, 6.45) is -1.61. The van der Waals surface area contributed by atoms with E-state index in [9.17, 15) is 14.4 Å². The van der Waals surface area contributed by atoms with Crippen molar-refractivity contribution < 1.29 is 24.6 Å². The minimum atomic E-state index is -1.51. The molecule has 0 saturated heterocycles. The smallest absolute Gasteiger partial charge is 0.332 e. The van der Waals surface area contributed by atoms with Crippen LogP contribution in [0.4, 0.5) is 4.79 Å². The molecule has 19 heavy (non-hydrogen) atoms. The van der Waals surface area contributed by atoms with Gasteiger partial charge in [0.15, 0.2) is 6.10 Å². The maximum atomic E-state index is 11.4. The van der Waals surface area contributed by atoms with Crippen LogP contribution in [0.1, 0.15) is 27.2 Å². The summed E-state index contributed by atoms with van der Waals surface area (Å²) in [5, 5.41) is 24.7. The molecule has 5 N–H and O–H groups in total. The molecule has 0 aliphatic heterocycles. The lowest BCUT2D eigenvalue weighted by atomic mass is 10.1. The highest BCUT2D eigenvalue weighted by molar-refractivity contribution is 5.84. The highest BCUT2D eigenvalue weighted by Gasteiger charge is 2.15.